The molecule has 6 heteroatoms. The van der Waals surface area contributed by atoms with Crippen LogP contribution in [0, 0.1) is 6.92 Å². The quantitative estimate of drug-likeness (QED) is 0.940. The summed E-state index contributed by atoms with van der Waals surface area (Å²) in [6.07, 6.45) is 2.75. The summed E-state index contributed by atoms with van der Waals surface area (Å²) in [5.74, 6) is 2.69. The number of anilines is 1. The highest BCUT2D eigenvalue weighted by Gasteiger charge is 2.21. The van der Waals surface area contributed by atoms with E-state index in [1.807, 2.05) is 30.8 Å². The van der Waals surface area contributed by atoms with Crippen LogP contribution in [0.4, 0.5) is 5.82 Å². The number of pyridine rings is 2. The lowest BCUT2D eigenvalue weighted by Gasteiger charge is -2.14. The number of thioether (sulfide) groups is 1. The number of carbonyl (C=O) groups excluding carboxylic acids is 1. The molecule has 2 aromatic heterocycles. The number of aromatic nitrogens is 2. The molecule has 0 aliphatic carbocycles. The molecular weight excluding hydrogens is 298 g/mol. The van der Waals surface area contributed by atoms with Gasteiger partial charge in [0.1, 0.15) is 17.5 Å². The van der Waals surface area contributed by atoms with Crippen LogP contribution < -0.4 is 10.1 Å². The lowest BCUT2D eigenvalue weighted by atomic mass is 10.2. The Kier molecular flexibility index (Phi) is 4.58. The monoisotopic (exact) mass is 315 g/mol. The largest absolute Gasteiger partial charge is 0.473 e. The van der Waals surface area contributed by atoms with Crippen molar-refractivity contribution in [3.8, 4) is 5.88 Å². The van der Waals surface area contributed by atoms with Gasteiger partial charge in [0.05, 0.1) is 0 Å². The van der Waals surface area contributed by atoms with E-state index in [2.05, 4.69) is 15.3 Å². The Balaban J connectivity index is 1.76. The van der Waals surface area contributed by atoms with Gasteiger partial charge in [0, 0.05) is 17.6 Å². The van der Waals surface area contributed by atoms with Gasteiger partial charge in [-0.15, -0.1) is 0 Å². The summed E-state index contributed by atoms with van der Waals surface area (Å²) in [6.45, 7) is 1.88. The first-order chi connectivity index (χ1) is 10.7. The number of amides is 1. The van der Waals surface area contributed by atoms with E-state index in [0.29, 0.717) is 17.3 Å². The minimum atomic E-state index is -0.258. The molecule has 3 heterocycles. The Morgan fingerprint density at radius 1 is 1.36 bits per heavy atom. The molecule has 1 aliphatic rings. The maximum absolute atomic E-state index is 12.4. The molecular formula is C16H17N3O2S. The van der Waals surface area contributed by atoms with Crippen LogP contribution in [0.3, 0.4) is 0 Å². The number of nitrogens with one attached hydrogen (secondary N) is 1. The first kappa shape index (κ1) is 14.8. The van der Waals surface area contributed by atoms with Crippen molar-refractivity contribution < 1.29 is 9.53 Å². The first-order valence-corrected chi connectivity index (χ1v) is 8.32. The second-order valence-corrected chi connectivity index (χ2v) is 6.23. The molecule has 0 radical (unpaired) electrons. The number of rotatable bonds is 4. The van der Waals surface area contributed by atoms with E-state index in [1.54, 1.807) is 24.4 Å². The fourth-order valence-electron chi connectivity index (χ4n) is 2.22. The van der Waals surface area contributed by atoms with Gasteiger partial charge in [-0.1, -0.05) is 6.07 Å². The number of aryl methyl sites for hydroxylation is 1. The third kappa shape index (κ3) is 3.57. The second-order valence-electron chi connectivity index (χ2n) is 5.08. The molecule has 1 amide bonds. The van der Waals surface area contributed by atoms with Crippen LogP contribution in [0.2, 0.25) is 0 Å². The van der Waals surface area contributed by atoms with E-state index in [1.165, 1.54) is 0 Å². The zero-order chi connectivity index (χ0) is 15.4. The van der Waals surface area contributed by atoms with Crippen LogP contribution in [-0.4, -0.2) is 33.5 Å². The highest BCUT2D eigenvalue weighted by molar-refractivity contribution is 7.99. The van der Waals surface area contributed by atoms with Gasteiger partial charge in [0.15, 0.2) is 0 Å². The molecule has 0 bridgehead atoms. The summed E-state index contributed by atoms with van der Waals surface area (Å²) < 4.78 is 5.88. The number of ether oxygens (including phenoxy) is 1. The number of carbonyl (C=O) groups is 1. The van der Waals surface area contributed by atoms with Gasteiger partial charge in [0.2, 0.25) is 5.88 Å². The van der Waals surface area contributed by atoms with Crippen LogP contribution in [0.5, 0.6) is 5.88 Å². The number of hydrogen-bond donors (Lipinski definition) is 1. The van der Waals surface area contributed by atoms with Crippen LogP contribution >= 0.6 is 11.8 Å². The van der Waals surface area contributed by atoms with Crippen LogP contribution in [0.25, 0.3) is 0 Å². The minimum Gasteiger partial charge on any atom is -0.473 e. The lowest BCUT2D eigenvalue weighted by Crippen LogP contribution is -2.20. The maximum atomic E-state index is 12.4. The fraction of sp³-hybridized carbons (Fsp3) is 0.312. The zero-order valence-electron chi connectivity index (χ0n) is 12.3. The van der Waals surface area contributed by atoms with E-state index in [9.17, 15) is 4.79 Å². The van der Waals surface area contributed by atoms with Crippen molar-refractivity contribution in [1.82, 2.24) is 9.97 Å². The molecule has 1 saturated heterocycles. The van der Waals surface area contributed by atoms with Gasteiger partial charge in [-0.2, -0.15) is 11.8 Å². The van der Waals surface area contributed by atoms with Crippen molar-refractivity contribution >= 4 is 23.5 Å². The van der Waals surface area contributed by atoms with Crippen LogP contribution in [0.1, 0.15) is 22.5 Å². The molecule has 3 rings (SSSR count). The van der Waals surface area contributed by atoms with Crippen molar-refractivity contribution in [1.29, 1.82) is 0 Å². The highest BCUT2D eigenvalue weighted by Crippen LogP contribution is 2.24. The average molecular weight is 315 g/mol. The molecule has 22 heavy (non-hydrogen) atoms. The minimum absolute atomic E-state index is 0.128. The topological polar surface area (TPSA) is 64.1 Å². The normalized spacial score (nSPS) is 17.2. The van der Waals surface area contributed by atoms with Crippen molar-refractivity contribution in [2.24, 2.45) is 0 Å². The predicted molar refractivity (Wildman–Crippen MR) is 87.5 cm³/mol. The molecule has 1 aliphatic heterocycles. The van der Waals surface area contributed by atoms with Gasteiger partial charge in [-0.25, -0.2) is 9.97 Å². The Morgan fingerprint density at radius 3 is 3.05 bits per heavy atom. The van der Waals surface area contributed by atoms with Gasteiger partial charge in [-0.05, 0) is 43.4 Å². The summed E-state index contributed by atoms with van der Waals surface area (Å²) in [7, 11) is 0. The average Bonchev–Trinajstić information content (AvgIpc) is 3.01. The van der Waals surface area contributed by atoms with E-state index < -0.39 is 0 Å². The molecule has 114 valence electrons. The van der Waals surface area contributed by atoms with E-state index >= 15 is 0 Å². The summed E-state index contributed by atoms with van der Waals surface area (Å²) >= 11 is 1.86. The molecule has 0 saturated carbocycles. The molecule has 1 N–H and O–H groups in total. The molecule has 0 unspecified atom stereocenters. The van der Waals surface area contributed by atoms with Crippen molar-refractivity contribution in [3.05, 3.63) is 47.8 Å². The third-order valence-corrected chi connectivity index (χ3v) is 4.44. The fourth-order valence-corrected chi connectivity index (χ4v) is 3.31. The number of hydrogen-bond acceptors (Lipinski definition) is 5. The predicted octanol–water partition coefficient (Wildman–Crippen LogP) is 2.92. The summed E-state index contributed by atoms with van der Waals surface area (Å²) in [5, 5.41) is 2.79. The maximum Gasteiger partial charge on any atom is 0.262 e. The summed E-state index contributed by atoms with van der Waals surface area (Å²) in [6, 6.07) is 8.94. The summed E-state index contributed by atoms with van der Waals surface area (Å²) in [4.78, 5) is 20.9. The van der Waals surface area contributed by atoms with Gasteiger partial charge in [-0.3, -0.25) is 4.79 Å². The molecule has 0 aromatic carbocycles. The Hall–Kier alpha value is -2.08. The second kappa shape index (κ2) is 6.79. The molecule has 0 spiro atoms. The standard InChI is InChI=1S/C16H17N3O2S/c1-11-4-2-6-14(18-11)19-15(20)13-5-3-8-17-16(13)21-12-7-9-22-10-12/h2-6,8,12H,7,9-10H2,1H3,(H,18,19,20)/t12-/m1/s1. The Bertz CT molecular complexity index is 672. The van der Waals surface area contributed by atoms with E-state index in [4.69, 9.17) is 4.74 Å². The van der Waals surface area contributed by atoms with Crippen LogP contribution in [0.15, 0.2) is 36.5 Å². The Labute approximate surface area is 133 Å². The third-order valence-electron chi connectivity index (χ3n) is 3.31. The van der Waals surface area contributed by atoms with Gasteiger partial charge in [0.25, 0.3) is 5.91 Å². The van der Waals surface area contributed by atoms with Crippen LogP contribution in [-0.2, 0) is 0 Å². The van der Waals surface area contributed by atoms with Gasteiger partial charge < -0.3 is 10.1 Å². The SMILES string of the molecule is Cc1cccc(NC(=O)c2cccnc2O[C@@H]2CCSC2)n1. The molecule has 5 nitrogen and oxygen atoms in total. The van der Waals surface area contributed by atoms with Gasteiger partial charge >= 0.3 is 0 Å². The van der Waals surface area contributed by atoms with Crippen molar-refractivity contribution in [3.63, 3.8) is 0 Å². The molecule has 1 atom stereocenters. The van der Waals surface area contributed by atoms with Crippen molar-refractivity contribution in [2.45, 2.75) is 19.4 Å². The van der Waals surface area contributed by atoms with Crippen molar-refractivity contribution in [2.75, 3.05) is 16.8 Å². The molecule has 2 aromatic rings. The smallest absolute Gasteiger partial charge is 0.262 e. The Morgan fingerprint density at radius 2 is 2.27 bits per heavy atom. The summed E-state index contributed by atoms with van der Waals surface area (Å²) in [5.41, 5.74) is 1.28. The molecule has 1 fully saturated rings. The zero-order valence-corrected chi connectivity index (χ0v) is 13.1. The van der Waals surface area contributed by atoms with E-state index in [-0.39, 0.29) is 12.0 Å². The van der Waals surface area contributed by atoms with E-state index in [0.717, 1.165) is 23.6 Å². The number of nitrogens with zero attached hydrogens (tertiary/aromatic N) is 2. The highest BCUT2D eigenvalue weighted by atomic mass is 32.2. The lowest BCUT2D eigenvalue weighted by molar-refractivity contribution is 0.101. The first-order valence-electron chi connectivity index (χ1n) is 7.17.